The second-order valence-corrected chi connectivity index (χ2v) is 3.71. The van der Waals surface area contributed by atoms with E-state index in [1.54, 1.807) is 0 Å². The van der Waals surface area contributed by atoms with Gasteiger partial charge in [0, 0.05) is 22.1 Å². The van der Waals surface area contributed by atoms with Crippen LogP contribution in [0.5, 0.6) is 0 Å². The maximum atomic E-state index is 4.26. The molecule has 3 heteroatoms. The number of pyridine rings is 1. The average molecular weight is 225 g/mol. The zero-order valence-electron chi connectivity index (χ0n) is 7.00. The van der Waals surface area contributed by atoms with E-state index in [4.69, 9.17) is 0 Å². The van der Waals surface area contributed by atoms with Crippen LogP contribution in [-0.2, 0) is 0 Å². The molecule has 0 unspecified atom stereocenters. The van der Waals surface area contributed by atoms with Gasteiger partial charge >= 0.3 is 0 Å². The molecule has 0 atom stereocenters. The molecule has 0 bridgehead atoms. The molecule has 12 heavy (non-hydrogen) atoms. The minimum absolute atomic E-state index is 1.01. The Bertz CT molecular complexity index is 431. The molecule has 0 amide bonds. The number of nitrogens with zero attached hydrogens (tertiary/aromatic N) is 2. The van der Waals surface area contributed by atoms with Gasteiger partial charge in [-0.05, 0) is 41.9 Å². The van der Waals surface area contributed by atoms with Crippen molar-refractivity contribution in [2.24, 2.45) is 0 Å². The normalized spacial score (nSPS) is 10.9. The number of rotatable bonds is 0. The van der Waals surface area contributed by atoms with E-state index in [0.717, 1.165) is 10.1 Å². The SMILES string of the molecule is Cc1cnc2ccc(Br)c(C)n12. The van der Waals surface area contributed by atoms with E-state index in [1.807, 2.05) is 18.3 Å². The smallest absolute Gasteiger partial charge is 0.137 e. The molecule has 2 heterocycles. The van der Waals surface area contributed by atoms with Gasteiger partial charge in [0.1, 0.15) is 5.65 Å². The number of fused-ring (bicyclic) bond motifs is 1. The fourth-order valence-corrected chi connectivity index (χ4v) is 1.69. The first-order chi connectivity index (χ1) is 5.70. The van der Waals surface area contributed by atoms with E-state index in [9.17, 15) is 0 Å². The van der Waals surface area contributed by atoms with Gasteiger partial charge in [-0.25, -0.2) is 4.98 Å². The van der Waals surface area contributed by atoms with Crippen molar-refractivity contribution in [3.8, 4) is 0 Å². The van der Waals surface area contributed by atoms with Gasteiger partial charge in [0.2, 0.25) is 0 Å². The third kappa shape index (κ3) is 0.966. The zero-order valence-corrected chi connectivity index (χ0v) is 8.59. The number of hydrogen-bond acceptors (Lipinski definition) is 1. The van der Waals surface area contributed by atoms with Gasteiger partial charge in [-0.1, -0.05) is 0 Å². The predicted molar refractivity (Wildman–Crippen MR) is 52.4 cm³/mol. The highest BCUT2D eigenvalue weighted by atomic mass is 79.9. The molecule has 62 valence electrons. The number of imidazole rings is 1. The summed E-state index contributed by atoms with van der Waals surface area (Å²) in [6.45, 7) is 4.13. The summed E-state index contributed by atoms with van der Waals surface area (Å²) in [7, 11) is 0. The molecule has 2 rings (SSSR count). The van der Waals surface area contributed by atoms with Crippen molar-refractivity contribution in [1.82, 2.24) is 9.38 Å². The maximum Gasteiger partial charge on any atom is 0.137 e. The van der Waals surface area contributed by atoms with E-state index >= 15 is 0 Å². The third-order valence-electron chi connectivity index (χ3n) is 2.03. The lowest BCUT2D eigenvalue weighted by Gasteiger charge is -2.03. The van der Waals surface area contributed by atoms with Crippen LogP contribution in [0.15, 0.2) is 22.8 Å². The Morgan fingerprint density at radius 3 is 2.83 bits per heavy atom. The van der Waals surface area contributed by atoms with Crippen LogP contribution < -0.4 is 0 Å². The summed E-state index contributed by atoms with van der Waals surface area (Å²) in [6.07, 6.45) is 1.88. The molecule has 2 nitrogen and oxygen atoms in total. The highest BCUT2D eigenvalue weighted by Crippen LogP contribution is 2.18. The van der Waals surface area contributed by atoms with Crippen molar-refractivity contribution < 1.29 is 0 Å². The second kappa shape index (κ2) is 2.59. The molecule has 0 fully saturated rings. The van der Waals surface area contributed by atoms with E-state index < -0.39 is 0 Å². The summed E-state index contributed by atoms with van der Waals surface area (Å²) in [5.41, 5.74) is 3.37. The van der Waals surface area contributed by atoms with Crippen molar-refractivity contribution in [3.63, 3.8) is 0 Å². The molecule has 0 radical (unpaired) electrons. The summed E-state index contributed by atoms with van der Waals surface area (Å²) in [6, 6.07) is 4.03. The van der Waals surface area contributed by atoms with Crippen LogP contribution in [0.4, 0.5) is 0 Å². The minimum Gasteiger partial charge on any atom is -0.301 e. The number of halogens is 1. The van der Waals surface area contributed by atoms with Gasteiger partial charge in [-0.15, -0.1) is 0 Å². The number of aryl methyl sites for hydroxylation is 2. The Labute approximate surface area is 79.4 Å². The standard InChI is InChI=1S/C9H9BrN2/c1-6-5-11-9-4-3-8(10)7(2)12(6)9/h3-5H,1-2H3. The van der Waals surface area contributed by atoms with Gasteiger partial charge < -0.3 is 4.40 Å². The van der Waals surface area contributed by atoms with Crippen molar-refractivity contribution in [3.05, 3.63) is 34.2 Å². The van der Waals surface area contributed by atoms with E-state index in [-0.39, 0.29) is 0 Å². The first-order valence-electron chi connectivity index (χ1n) is 3.79. The first-order valence-corrected chi connectivity index (χ1v) is 4.58. The van der Waals surface area contributed by atoms with Crippen LogP contribution in [0.3, 0.4) is 0 Å². The van der Waals surface area contributed by atoms with Gasteiger partial charge in [-0.2, -0.15) is 0 Å². The van der Waals surface area contributed by atoms with Gasteiger partial charge in [0.15, 0.2) is 0 Å². The fourth-order valence-electron chi connectivity index (χ4n) is 1.38. The quantitative estimate of drug-likeness (QED) is 0.673. The molecule has 0 N–H and O–H groups in total. The molecule has 2 aromatic heterocycles. The zero-order chi connectivity index (χ0) is 8.72. The van der Waals surface area contributed by atoms with Crippen LogP contribution in [-0.4, -0.2) is 9.38 Å². The monoisotopic (exact) mass is 224 g/mol. The Morgan fingerprint density at radius 1 is 1.33 bits per heavy atom. The van der Waals surface area contributed by atoms with E-state index in [2.05, 4.69) is 39.2 Å². The van der Waals surface area contributed by atoms with Gasteiger partial charge in [0.05, 0.1) is 0 Å². The summed E-state index contributed by atoms with van der Waals surface area (Å²) in [5, 5.41) is 0. The first kappa shape index (κ1) is 7.80. The molecule has 2 aromatic rings. The van der Waals surface area contributed by atoms with Crippen molar-refractivity contribution in [2.45, 2.75) is 13.8 Å². The minimum atomic E-state index is 1.01. The summed E-state index contributed by atoms with van der Waals surface area (Å²) < 4.78 is 3.25. The lowest BCUT2D eigenvalue weighted by atomic mass is 10.3. The van der Waals surface area contributed by atoms with Crippen molar-refractivity contribution in [2.75, 3.05) is 0 Å². The fraction of sp³-hybridized carbons (Fsp3) is 0.222. The third-order valence-corrected chi connectivity index (χ3v) is 2.86. The largest absolute Gasteiger partial charge is 0.301 e. The van der Waals surface area contributed by atoms with Crippen LogP contribution >= 0.6 is 15.9 Å². The summed E-state index contributed by atoms with van der Waals surface area (Å²) in [4.78, 5) is 4.26. The predicted octanol–water partition coefficient (Wildman–Crippen LogP) is 2.71. The summed E-state index contributed by atoms with van der Waals surface area (Å²) in [5.74, 6) is 0. The molecule has 0 spiro atoms. The van der Waals surface area contributed by atoms with Gasteiger partial charge in [0.25, 0.3) is 0 Å². The lowest BCUT2D eigenvalue weighted by Crippen LogP contribution is -1.93. The van der Waals surface area contributed by atoms with Crippen molar-refractivity contribution >= 4 is 21.6 Å². The highest BCUT2D eigenvalue weighted by molar-refractivity contribution is 9.10. The molecular formula is C9H9BrN2. The Morgan fingerprint density at radius 2 is 2.08 bits per heavy atom. The Hall–Kier alpha value is -0.830. The van der Waals surface area contributed by atoms with E-state index in [0.29, 0.717) is 0 Å². The van der Waals surface area contributed by atoms with Crippen LogP contribution in [0.25, 0.3) is 5.65 Å². The van der Waals surface area contributed by atoms with Crippen LogP contribution in [0, 0.1) is 13.8 Å². The number of hydrogen-bond donors (Lipinski definition) is 0. The molecule has 0 aliphatic heterocycles. The Kier molecular flexibility index (Phi) is 1.68. The highest BCUT2D eigenvalue weighted by Gasteiger charge is 2.03. The molecule has 0 aliphatic carbocycles. The molecule has 0 saturated heterocycles. The molecular weight excluding hydrogens is 216 g/mol. The topological polar surface area (TPSA) is 17.3 Å². The maximum absolute atomic E-state index is 4.26. The molecule has 0 aliphatic rings. The lowest BCUT2D eigenvalue weighted by molar-refractivity contribution is 1.03. The van der Waals surface area contributed by atoms with E-state index in [1.165, 1.54) is 11.4 Å². The summed E-state index contributed by atoms with van der Waals surface area (Å²) >= 11 is 3.49. The average Bonchev–Trinajstić information content (AvgIpc) is 2.41. The molecule has 0 aromatic carbocycles. The number of aromatic nitrogens is 2. The Balaban J connectivity index is 2.96. The molecule has 0 saturated carbocycles. The van der Waals surface area contributed by atoms with Gasteiger partial charge in [-0.3, -0.25) is 0 Å². The second-order valence-electron chi connectivity index (χ2n) is 2.86. The van der Waals surface area contributed by atoms with Crippen LogP contribution in [0.1, 0.15) is 11.4 Å². The van der Waals surface area contributed by atoms with Crippen LogP contribution in [0.2, 0.25) is 0 Å². The van der Waals surface area contributed by atoms with Crippen molar-refractivity contribution in [1.29, 1.82) is 0 Å².